The molecule has 2 saturated heterocycles. The Kier molecular flexibility index (Phi) is 13.5. The van der Waals surface area contributed by atoms with E-state index in [9.17, 15) is 4.79 Å². The normalized spacial score (nSPS) is 26.6. The third-order valence-electron chi connectivity index (χ3n) is 6.40. The lowest BCUT2D eigenvalue weighted by Gasteiger charge is -2.32. The molecule has 0 radical (unpaired) electrons. The van der Waals surface area contributed by atoms with Crippen LogP contribution in [-0.2, 0) is 14.3 Å². The summed E-state index contributed by atoms with van der Waals surface area (Å²) in [6.07, 6.45) is 15.7. The fraction of sp³-hybridized carbons (Fsp3) is 0.875. The number of nitrogens with zero attached hydrogens (tertiary/aromatic N) is 2. The van der Waals surface area contributed by atoms with Crippen LogP contribution in [0, 0.1) is 11.8 Å². The molecular weight excluding hydrogens is 364 g/mol. The molecule has 0 bridgehead atoms. The van der Waals surface area contributed by atoms with E-state index in [1.807, 2.05) is 0 Å². The van der Waals surface area contributed by atoms with E-state index in [0.717, 1.165) is 84.1 Å². The fourth-order valence-electron chi connectivity index (χ4n) is 4.38. The molecule has 29 heavy (non-hydrogen) atoms. The quantitative estimate of drug-likeness (QED) is 0.523. The van der Waals surface area contributed by atoms with E-state index < -0.39 is 0 Å². The molecule has 3 fully saturated rings. The van der Waals surface area contributed by atoms with E-state index in [1.165, 1.54) is 45.2 Å². The number of hydrogen-bond acceptors (Lipinski definition) is 5. The standard InChI is InChI=1S/C11H21NO.C7H10O.C6H13NO/c1-2-4-11(5-3-1)10-12-6-8-13-9-7-12;8-6-7-4-2-1-3-5-7;1-2-7-3-5-8-6-4-7/h11H,1-10H2;1-2,6-7H,3-5H2;2-6H2,1H3. The van der Waals surface area contributed by atoms with Crippen molar-refractivity contribution in [2.75, 3.05) is 65.7 Å². The maximum absolute atomic E-state index is 10.1. The van der Waals surface area contributed by atoms with Gasteiger partial charge >= 0.3 is 0 Å². The van der Waals surface area contributed by atoms with E-state index >= 15 is 0 Å². The number of likely N-dealkylation sites (N-methyl/N-ethyl adjacent to an activating group) is 1. The predicted molar refractivity (Wildman–Crippen MR) is 119 cm³/mol. The summed E-state index contributed by atoms with van der Waals surface area (Å²) in [5.41, 5.74) is 0. The van der Waals surface area contributed by atoms with Gasteiger partial charge in [0.25, 0.3) is 0 Å². The Balaban J connectivity index is 0.000000164. The van der Waals surface area contributed by atoms with Crippen molar-refractivity contribution in [1.82, 2.24) is 9.80 Å². The topological polar surface area (TPSA) is 42.0 Å². The van der Waals surface area contributed by atoms with Crippen LogP contribution in [0.4, 0.5) is 0 Å². The zero-order chi connectivity index (χ0) is 20.6. The van der Waals surface area contributed by atoms with Crippen LogP contribution in [0.3, 0.4) is 0 Å². The summed E-state index contributed by atoms with van der Waals surface area (Å²) in [5.74, 6) is 1.31. The summed E-state index contributed by atoms with van der Waals surface area (Å²) in [4.78, 5) is 15.1. The van der Waals surface area contributed by atoms with Crippen LogP contribution in [-0.4, -0.2) is 81.8 Å². The highest BCUT2D eigenvalue weighted by molar-refractivity contribution is 5.54. The van der Waals surface area contributed by atoms with Crippen molar-refractivity contribution in [3.05, 3.63) is 12.2 Å². The molecule has 0 aromatic rings. The molecule has 0 aromatic carbocycles. The third-order valence-corrected chi connectivity index (χ3v) is 6.40. The third kappa shape index (κ3) is 11.3. The Bertz CT molecular complexity index is 410. The van der Waals surface area contributed by atoms with Gasteiger partial charge in [-0.15, -0.1) is 0 Å². The van der Waals surface area contributed by atoms with Crippen LogP contribution in [0.15, 0.2) is 12.2 Å². The fourth-order valence-corrected chi connectivity index (χ4v) is 4.38. The lowest BCUT2D eigenvalue weighted by atomic mass is 9.89. The van der Waals surface area contributed by atoms with Gasteiger partial charge in [-0.05, 0) is 44.6 Å². The molecule has 0 amide bonds. The van der Waals surface area contributed by atoms with E-state index in [1.54, 1.807) is 0 Å². The van der Waals surface area contributed by atoms with Gasteiger partial charge in [0.05, 0.1) is 26.4 Å². The predicted octanol–water partition coefficient (Wildman–Crippen LogP) is 3.78. The second kappa shape index (κ2) is 16.0. The van der Waals surface area contributed by atoms with Crippen molar-refractivity contribution in [3.8, 4) is 0 Å². The zero-order valence-corrected chi connectivity index (χ0v) is 18.7. The van der Waals surface area contributed by atoms with E-state index in [0.29, 0.717) is 5.92 Å². The van der Waals surface area contributed by atoms with Crippen molar-refractivity contribution in [2.45, 2.75) is 58.3 Å². The molecule has 5 nitrogen and oxygen atoms in total. The van der Waals surface area contributed by atoms with E-state index in [4.69, 9.17) is 9.47 Å². The molecule has 0 N–H and O–H groups in total. The first-order valence-electron chi connectivity index (χ1n) is 12.0. The van der Waals surface area contributed by atoms with Crippen molar-refractivity contribution in [2.24, 2.45) is 11.8 Å². The SMILES string of the molecule is C1CCC(CN2CCOCC2)CC1.CCN1CCOCC1.O=CC1CC=CCC1. The largest absolute Gasteiger partial charge is 0.379 e. The van der Waals surface area contributed by atoms with Gasteiger partial charge in [-0.2, -0.15) is 0 Å². The number of hydrogen-bond donors (Lipinski definition) is 0. The lowest BCUT2D eigenvalue weighted by Crippen LogP contribution is -2.39. The van der Waals surface area contributed by atoms with Gasteiger partial charge < -0.3 is 14.3 Å². The Morgan fingerprint density at radius 2 is 1.48 bits per heavy atom. The summed E-state index contributed by atoms with van der Waals surface area (Å²) in [6, 6.07) is 0. The molecule has 4 rings (SSSR count). The molecule has 0 spiro atoms. The minimum atomic E-state index is 0.319. The number of carbonyl (C=O) groups is 1. The van der Waals surface area contributed by atoms with Crippen LogP contribution in [0.1, 0.15) is 58.3 Å². The van der Waals surface area contributed by atoms with Crippen LogP contribution in [0.5, 0.6) is 0 Å². The van der Waals surface area contributed by atoms with Crippen LogP contribution < -0.4 is 0 Å². The zero-order valence-electron chi connectivity index (χ0n) is 18.7. The molecule has 2 heterocycles. The first-order valence-corrected chi connectivity index (χ1v) is 12.0. The van der Waals surface area contributed by atoms with Gasteiger partial charge in [0.15, 0.2) is 0 Å². The molecule has 1 atom stereocenters. The van der Waals surface area contributed by atoms with Crippen LogP contribution >= 0.6 is 0 Å². The summed E-state index contributed by atoms with van der Waals surface area (Å²) in [6.45, 7) is 13.0. The van der Waals surface area contributed by atoms with Gasteiger partial charge in [-0.3, -0.25) is 9.80 Å². The average Bonchev–Trinajstić information content (AvgIpc) is 2.82. The van der Waals surface area contributed by atoms with Gasteiger partial charge in [0.2, 0.25) is 0 Å². The average molecular weight is 409 g/mol. The van der Waals surface area contributed by atoms with Gasteiger partial charge in [-0.25, -0.2) is 0 Å². The first kappa shape index (κ1) is 24.5. The second-order valence-corrected chi connectivity index (χ2v) is 8.64. The second-order valence-electron chi connectivity index (χ2n) is 8.64. The van der Waals surface area contributed by atoms with E-state index in [2.05, 4.69) is 28.9 Å². The molecule has 4 aliphatic rings. The maximum atomic E-state index is 10.1. The van der Waals surface area contributed by atoms with Crippen LogP contribution in [0.25, 0.3) is 0 Å². The smallest absolute Gasteiger partial charge is 0.123 e. The summed E-state index contributed by atoms with van der Waals surface area (Å²) in [7, 11) is 0. The summed E-state index contributed by atoms with van der Waals surface area (Å²) < 4.78 is 10.5. The van der Waals surface area contributed by atoms with Crippen molar-refractivity contribution in [3.63, 3.8) is 0 Å². The molecule has 2 aliphatic carbocycles. The Morgan fingerprint density at radius 1 is 0.862 bits per heavy atom. The highest BCUT2D eigenvalue weighted by Crippen LogP contribution is 2.24. The first-order chi connectivity index (χ1) is 14.3. The Hall–Kier alpha value is -0.750. The summed E-state index contributed by atoms with van der Waals surface area (Å²) in [5, 5.41) is 0. The number of aldehydes is 1. The van der Waals surface area contributed by atoms with Crippen molar-refractivity contribution >= 4 is 6.29 Å². The minimum absolute atomic E-state index is 0.319. The van der Waals surface area contributed by atoms with Crippen molar-refractivity contribution < 1.29 is 14.3 Å². The van der Waals surface area contributed by atoms with Crippen molar-refractivity contribution in [1.29, 1.82) is 0 Å². The molecule has 1 unspecified atom stereocenters. The highest BCUT2D eigenvalue weighted by atomic mass is 16.5. The number of rotatable bonds is 4. The number of carbonyl (C=O) groups excluding carboxylic acids is 1. The van der Waals surface area contributed by atoms with E-state index in [-0.39, 0.29) is 0 Å². The monoisotopic (exact) mass is 408 g/mol. The molecule has 0 aromatic heterocycles. The Morgan fingerprint density at radius 3 is 1.93 bits per heavy atom. The molecule has 1 saturated carbocycles. The van der Waals surface area contributed by atoms with Gasteiger partial charge in [-0.1, -0.05) is 38.3 Å². The molecule has 2 aliphatic heterocycles. The molecule has 168 valence electrons. The summed E-state index contributed by atoms with van der Waals surface area (Å²) >= 11 is 0. The number of morpholine rings is 2. The molecular formula is C24H44N2O3. The Labute approximate surface area is 178 Å². The van der Waals surface area contributed by atoms with Gasteiger partial charge in [0.1, 0.15) is 6.29 Å². The highest BCUT2D eigenvalue weighted by Gasteiger charge is 2.18. The molecule has 5 heteroatoms. The van der Waals surface area contributed by atoms with Gasteiger partial charge in [0, 0.05) is 38.6 Å². The lowest BCUT2D eigenvalue weighted by molar-refractivity contribution is -0.111. The maximum Gasteiger partial charge on any atom is 0.123 e. The number of ether oxygens (including phenoxy) is 2. The van der Waals surface area contributed by atoms with Crippen LogP contribution in [0.2, 0.25) is 0 Å². The number of allylic oxidation sites excluding steroid dienone is 2. The minimum Gasteiger partial charge on any atom is -0.379 e.